The number of amides is 2. The van der Waals surface area contributed by atoms with Crippen LogP contribution in [0.25, 0.3) is 10.9 Å². The lowest BCUT2D eigenvalue weighted by Gasteiger charge is -1.97. The lowest BCUT2D eigenvalue weighted by molar-refractivity contribution is -0.135. The number of carbonyl (C=O) groups excluding carboxylic acids is 2. The van der Waals surface area contributed by atoms with Gasteiger partial charge in [-0.2, -0.15) is 0 Å². The van der Waals surface area contributed by atoms with E-state index < -0.39 is 11.8 Å². The number of hydrogen-bond donors (Lipinski definition) is 1. The smallest absolute Gasteiger partial charge is 0.338 e. The molecule has 3 rings (SSSR count). The number of aromatic nitrogens is 1. The lowest BCUT2D eigenvalue weighted by Crippen LogP contribution is -2.34. The Morgan fingerprint density at radius 1 is 1.00 bits per heavy atom. The summed E-state index contributed by atoms with van der Waals surface area (Å²) in [6.07, 6.45) is 1.75. The van der Waals surface area contributed by atoms with Gasteiger partial charge >= 0.3 is 11.8 Å². The minimum absolute atomic E-state index is 0.451. The first-order valence-electron chi connectivity index (χ1n) is 4.37. The van der Waals surface area contributed by atoms with E-state index in [4.69, 9.17) is 0 Å². The summed E-state index contributed by atoms with van der Waals surface area (Å²) in [6.45, 7) is 0. The van der Waals surface area contributed by atoms with E-state index in [0.29, 0.717) is 10.7 Å². The zero-order chi connectivity index (χ0) is 10.4. The molecule has 0 unspecified atom stereocenters. The topological polar surface area (TPSA) is 74.7 Å². The van der Waals surface area contributed by atoms with Crippen molar-refractivity contribution in [3.05, 3.63) is 35.1 Å². The molecule has 0 aliphatic carbocycles. The monoisotopic (exact) mass is 199 g/mol. The van der Waals surface area contributed by atoms with Crippen molar-refractivity contribution in [1.82, 2.24) is 4.98 Å². The number of aromatic amines is 1. The molecule has 0 fully saturated rings. The summed E-state index contributed by atoms with van der Waals surface area (Å²) in [6, 6.07) is 5.27. The zero-order valence-corrected chi connectivity index (χ0v) is 7.52. The van der Waals surface area contributed by atoms with Crippen molar-refractivity contribution >= 4 is 22.7 Å². The van der Waals surface area contributed by atoms with E-state index in [0.717, 1.165) is 10.9 Å². The minimum Gasteiger partial charge on any atom is -0.361 e. The predicted octanol–water partition coefficient (Wildman–Crippen LogP) is -0.526. The van der Waals surface area contributed by atoms with Gasteiger partial charge in [-0.15, -0.1) is 0 Å². The predicted molar refractivity (Wildman–Crippen MR) is 50.6 cm³/mol. The Hall–Kier alpha value is -2.30. The number of hydrogen-bond acceptors (Lipinski definition) is 2. The van der Waals surface area contributed by atoms with Crippen molar-refractivity contribution in [2.75, 3.05) is 0 Å². The summed E-state index contributed by atoms with van der Waals surface area (Å²) >= 11 is 0. The Balaban J connectivity index is 2.60. The van der Waals surface area contributed by atoms with E-state index in [-0.39, 0.29) is 0 Å². The number of H-pyrrole nitrogens is 1. The van der Waals surface area contributed by atoms with Crippen LogP contribution < -0.4 is 10.7 Å². The van der Waals surface area contributed by atoms with Gasteiger partial charge in [-0.1, -0.05) is 0 Å². The molecule has 1 aliphatic heterocycles. The molecule has 2 aromatic rings. The minimum atomic E-state index is -0.809. The van der Waals surface area contributed by atoms with E-state index in [9.17, 15) is 9.59 Å². The molecular weight excluding hydrogens is 194 g/mol. The van der Waals surface area contributed by atoms with Gasteiger partial charge in [0.25, 0.3) is 0 Å². The normalized spacial score (nSPS) is 14.7. The molecule has 0 bridgehead atoms. The van der Waals surface area contributed by atoms with Crippen molar-refractivity contribution in [2.24, 2.45) is 9.98 Å². The first-order chi connectivity index (χ1) is 7.25. The van der Waals surface area contributed by atoms with Gasteiger partial charge < -0.3 is 4.98 Å². The van der Waals surface area contributed by atoms with Crippen LogP contribution in [-0.2, 0) is 9.59 Å². The van der Waals surface area contributed by atoms with Crippen LogP contribution in [0.2, 0.25) is 0 Å². The van der Waals surface area contributed by atoms with Gasteiger partial charge in [-0.05, 0) is 18.2 Å². The van der Waals surface area contributed by atoms with Crippen molar-refractivity contribution in [1.29, 1.82) is 0 Å². The highest BCUT2D eigenvalue weighted by atomic mass is 16.2. The second-order valence-electron chi connectivity index (χ2n) is 3.21. The Kier molecular flexibility index (Phi) is 1.39. The first-order valence-corrected chi connectivity index (χ1v) is 4.37. The van der Waals surface area contributed by atoms with Crippen LogP contribution in [0.15, 0.2) is 34.4 Å². The van der Waals surface area contributed by atoms with E-state index in [1.807, 2.05) is 0 Å². The van der Waals surface area contributed by atoms with Crippen LogP contribution in [0.4, 0.5) is 0 Å². The molecule has 5 heteroatoms. The van der Waals surface area contributed by atoms with Crippen LogP contribution >= 0.6 is 0 Å². The largest absolute Gasteiger partial charge is 0.361 e. The van der Waals surface area contributed by atoms with Crippen molar-refractivity contribution in [2.45, 2.75) is 0 Å². The molecule has 72 valence electrons. The molecule has 0 spiro atoms. The molecular formula is C10H5N3O2. The third-order valence-electron chi connectivity index (χ3n) is 2.30. The third kappa shape index (κ3) is 1.03. The molecule has 1 N–H and O–H groups in total. The number of benzene rings is 1. The molecule has 0 atom stereocenters. The molecule has 1 aromatic heterocycles. The van der Waals surface area contributed by atoms with Gasteiger partial charge in [0.05, 0.1) is 5.36 Å². The van der Waals surface area contributed by atoms with Gasteiger partial charge in [0.15, 0.2) is 0 Å². The number of nitrogens with one attached hydrogen (secondary N) is 1. The molecule has 1 aliphatic rings. The van der Waals surface area contributed by atoms with E-state index in [2.05, 4.69) is 15.0 Å². The molecule has 1 aromatic carbocycles. The first kappa shape index (κ1) is 8.05. The Bertz CT molecular complexity index is 712. The average Bonchev–Trinajstić information content (AvgIpc) is 2.68. The van der Waals surface area contributed by atoms with Crippen molar-refractivity contribution in [3.8, 4) is 0 Å². The maximum absolute atomic E-state index is 11.1. The standard InChI is InChI=1S/C10H5N3O2/c14-9-10(15)13-8-5-3-4-11-6(5)1-2-7(8)12-9/h1-4,11H. The molecule has 2 heterocycles. The fourth-order valence-corrected chi connectivity index (χ4v) is 1.62. The fraction of sp³-hybridized carbons (Fsp3) is 0. The molecule has 15 heavy (non-hydrogen) atoms. The number of carbonyl (C=O) groups is 2. The second-order valence-corrected chi connectivity index (χ2v) is 3.21. The Morgan fingerprint density at radius 3 is 2.67 bits per heavy atom. The Morgan fingerprint density at radius 2 is 1.80 bits per heavy atom. The van der Waals surface area contributed by atoms with Crippen molar-refractivity contribution in [3.63, 3.8) is 0 Å². The molecule has 0 radical (unpaired) electrons. The summed E-state index contributed by atoms with van der Waals surface area (Å²) < 4.78 is 0. The second kappa shape index (κ2) is 2.60. The van der Waals surface area contributed by atoms with Crippen LogP contribution in [0.3, 0.4) is 0 Å². The number of rotatable bonds is 0. The van der Waals surface area contributed by atoms with E-state index >= 15 is 0 Å². The maximum atomic E-state index is 11.1. The van der Waals surface area contributed by atoms with Crippen LogP contribution in [0.1, 0.15) is 0 Å². The molecule has 0 saturated heterocycles. The SMILES string of the molecule is O=C1N=c2ccc3[nH]ccc3c2=NC1=O. The summed E-state index contributed by atoms with van der Waals surface area (Å²) in [5.74, 6) is -1.62. The average molecular weight is 199 g/mol. The van der Waals surface area contributed by atoms with Crippen LogP contribution in [-0.4, -0.2) is 16.8 Å². The lowest BCUT2D eigenvalue weighted by atomic mass is 10.2. The van der Waals surface area contributed by atoms with Gasteiger partial charge in [0.2, 0.25) is 0 Å². The van der Waals surface area contributed by atoms with E-state index in [1.54, 1.807) is 24.4 Å². The summed E-state index contributed by atoms with van der Waals surface area (Å²) in [7, 11) is 0. The highest BCUT2D eigenvalue weighted by molar-refractivity contribution is 6.36. The molecule has 0 saturated carbocycles. The fourth-order valence-electron chi connectivity index (χ4n) is 1.62. The zero-order valence-electron chi connectivity index (χ0n) is 7.52. The summed E-state index contributed by atoms with van der Waals surface area (Å²) in [5, 5.41) is 1.72. The van der Waals surface area contributed by atoms with Gasteiger partial charge in [-0.3, -0.25) is 9.59 Å². The third-order valence-corrected chi connectivity index (χ3v) is 2.30. The van der Waals surface area contributed by atoms with Gasteiger partial charge in [0, 0.05) is 17.1 Å². The van der Waals surface area contributed by atoms with E-state index in [1.165, 1.54) is 0 Å². The van der Waals surface area contributed by atoms with Crippen molar-refractivity contribution < 1.29 is 9.59 Å². The van der Waals surface area contributed by atoms with Crippen LogP contribution in [0, 0.1) is 0 Å². The maximum Gasteiger partial charge on any atom is 0.338 e. The van der Waals surface area contributed by atoms with Gasteiger partial charge in [-0.25, -0.2) is 9.98 Å². The molecule has 5 nitrogen and oxygen atoms in total. The summed E-state index contributed by atoms with van der Waals surface area (Å²) in [5.41, 5.74) is 0.870. The van der Waals surface area contributed by atoms with Gasteiger partial charge in [0.1, 0.15) is 5.36 Å². The quantitative estimate of drug-likeness (QED) is 0.579. The highest BCUT2D eigenvalue weighted by Crippen LogP contribution is 2.04. The number of nitrogens with zero attached hydrogens (tertiary/aromatic N) is 2. The number of fused-ring (bicyclic) bond motifs is 3. The highest BCUT2D eigenvalue weighted by Gasteiger charge is 2.16. The van der Waals surface area contributed by atoms with Crippen LogP contribution in [0.5, 0.6) is 0 Å². The summed E-state index contributed by atoms with van der Waals surface area (Å²) in [4.78, 5) is 32.5. The molecule has 2 amide bonds. The Labute approximate surface area is 83.2 Å².